The number of alkyl carbamates (subject to hydrolysis) is 1. The Morgan fingerprint density at radius 2 is 1.60 bits per heavy atom. The molecule has 0 fully saturated rings. The van der Waals surface area contributed by atoms with Crippen molar-refractivity contribution in [1.82, 2.24) is 5.32 Å². The molecular formula is C28H29NO6. The van der Waals surface area contributed by atoms with Crippen molar-refractivity contribution in [2.45, 2.75) is 31.5 Å². The minimum Gasteiger partial charge on any atom is -0.465 e. The lowest BCUT2D eigenvalue weighted by molar-refractivity contribution is 0.0132. The average Bonchev–Trinajstić information content (AvgIpc) is 3.20. The number of benzene rings is 3. The Bertz CT molecular complexity index is 1180. The molecule has 1 amide bonds. The molecule has 0 saturated heterocycles. The number of aryl methyl sites for hydroxylation is 1. The van der Waals surface area contributed by atoms with Crippen molar-refractivity contribution >= 4 is 12.1 Å². The first-order valence-electron chi connectivity index (χ1n) is 11.5. The number of esters is 1. The summed E-state index contributed by atoms with van der Waals surface area (Å²) >= 11 is 0. The van der Waals surface area contributed by atoms with E-state index in [4.69, 9.17) is 9.47 Å². The molecule has 0 heterocycles. The van der Waals surface area contributed by atoms with Gasteiger partial charge in [0.1, 0.15) is 12.7 Å². The quantitative estimate of drug-likeness (QED) is 0.424. The highest BCUT2D eigenvalue weighted by Gasteiger charge is 2.29. The molecule has 1 aliphatic rings. The van der Waals surface area contributed by atoms with Crippen LogP contribution in [0, 0.1) is 6.92 Å². The van der Waals surface area contributed by atoms with Crippen LogP contribution in [-0.4, -0.2) is 48.6 Å². The van der Waals surface area contributed by atoms with Crippen molar-refractivity contribution in [1.29, 1.82) is 0 Å². The Hall–Kier alpha value is -3.68. The zero-order valence-electron chi connectivity index (χ0n) is 19.7. The van der Waals surface area contributed by atoms with Gasteiger partial charge in [-0.1, -0.05) is 54.6 Å². The summed E-state index contributed by atoms with van der Waals surface area (Å²) in [6.45, 7) is 2.09. The van der Waals surface area contributed by atoms with Gasteiger partial charge in [0.25, 0.3) is 0 Å². The van der Waals surface area contributed by atoms with Crippen LogP contribution in [0.1, 0.15) is 51.1 Å². The number of fused-ring (bicyclic) bond motifs is 3. The number of hydrogen-bond acceptors (Lipinski definition) is 6. The number of aliphatic hydroxyl groups is 2. The fourth-order valence-corrected chi connectivity index (χ4v) is 4.54. The van der Waals surface area contributed by atoms with Crippen LogP contribution in [0.15, 0.2) is 66.7 Å². The second-order valence-corrected chi connectivity index (χ2v) is 8.62. The van der Waals surface area contributed by atoms with E-state index in [0.717, 1.165) is 27.8 Å². The first kappa shape index (κ1) is 24.4. The third kappa shape index (κ3) is 5.21. The number of methoxy groups -OCH3 is 1. The second kappa shape index (κ2) is 10.7. The Labute approximate surface area is 204 Å². The Morgan fingerprint density at radius 1 is 0.971 bits per heavy atom. The minimum absolute atomic E-state index is 0.0365. The molecule has 4 rings (SSSR count). The standard InChI is InChI=1S/C28H29NO6/c1-17-11-12-18(27(32)34-2)15-23(17)26(31)25(30)13-14-29-28(33)35-16-24-21-9-5-3-7-19(21)20-8-4-6-10-22(20)24/h3-12,15,24-26,30-31H,13-14,16H2,1-2H3,(H,29,33). The summed E-state index contributed by atoms with van der Waals surface area (Å²) in [6.07, 6.45) is -2.84. The number of amides is 1. The lowest BCUT2D eigenvalue weighted by atomic mass is 9.96. The van der Waals surface area contributed by atoms with Crippen LogP contribution in [0.2, 0.25) is 0 Å². The van der Waals surface area contributed by atoms with Crippen LogP contribution in [0.5, 0.6) is 0 Å². The Morgan fingerprint density at radius 3 is 2.23 bits per heavy atom. The molecule has 2 atom stereocenters. The van der Waals surface area contributed by atoms with E-state index in [1.54, 1.807) is 19.1 Å². The predicted octanol–water partition coefficient (Wildman–Crippen LogP) is 4.10. The lowest BCUT2D eigenvalue weighted by Crippen LogP contribution is -2.31. The third-order valence-corrected chi connectivity index (χ3v) is 6.44. The number of carbonyl (C=O) groups is 2. The van der Waals surface area contributed by atoms with E-state index in [9.17, 15) is 19.8 Å². The van der Waals surface area contributed by atoms with Crippen LogP contribution >= 0.6 is 0 Å². The zero-order valence-corrected chi connectivity index (χ0v) is 19.7. The summed E-state index contributed by atoms with van der Waals surface area (Å²) in [5.74, 6) is -0.560. The summed E-state index contributed by atoms with van der Waals surface area (Å²) in [4.78, 5) is 24.1. The third-order valence-electron chi connectivity index (χ3n) is 6.44. The monoisotopic (exact) mass is 475 g/mol. The molecule has 1 aliphatic carbocycles. The van der Waals surface area contributed by atoms with Crippen LogP contribution in [0.25, 0.3) is 11.1 Å². The van der Waals surface area contributed by atoms with Crippen molar-refractivity contribution in [2.24, 2.45) is 0 Å². The Kier molecular flexibility index (Phi) is 7.48. The molecule has 2 unspecified atom stereocenters. The normalized spacial score (nSPS) is 13.9. The summed E-state index contributed by atoms with van der Waals surface area (Å²) in [6, 6.07) is 21.0. The average molecular weight is 476 g/mol. The van der Waals surface area contributed by atoms with E-state index in [2.05, 4.69) is 29.6 Å². The smallest absolute Gasteiger partial charge is 0.407 e. The Balaban J connectivity index is 1.30. The van der Waals surface area contributed by atoms with Gasteiger partial charge < -0.3 is 25.0 Å². The van der Waals surface area contributed by atoms with E-state index in [1.807, 2.05) is 24.3 Å². The summed E-state index contributed by atoms with van der Waals surface area (Å²) < 4.78 is 10.2. The molecule has 35 heavy (non-hydrogen) atoms. The van der Waals surface area contributed by atoms with Gasteiger partial charge in [0, 0.05) is 12.5 Å². The largest absolute Gasteiger partial charge is 0.465 e. The molecule has 0 bridgehead atoms. The highest BCUT2D eigenvalue weighted by atomic mass is 16.5. The van der Waals surface area contributed by atoms with Crippen molar-refractivity contribution in [3.05, 3.63) is 94.5 Å². The van der Waals surface area contributed by atoms with Crippen LogP contribution in [0.3, 0.4) is 0 Å². The SMILES string of the molecule is COC(=O)c1ccc(C)c(C(O)C(O)CCNC(=O)OCC2c3ccccc3-c3ccccc32)c1. The summed E-state index contributed by atoms with van der Waals surface area (Å²) in [5, 5.41) is 23.7. The molecule has 0 radical (unpaired) electrons. The van der Waals surface area contributed by atoms with Crippen LogP contribution in [0.4, 0.5) is 4.79 Å². The van der Waals surface area contributed by atoms with E-state index in [1.165, 1.54) is 13.2 Å². The maximum absolute atomic E-state index is 12.3. The van der Waals surface area contributed by atoms with Gasteiger partial charge in [-0.3, -0.25) is 0 Å². The van der Waals surface area contributed by atoms with Crippen molar-refractivity contribution in [2.75, 3.05) is 20.3 Å². The second-order valence-electron chi connectivity index (χ2n) is 8.62. The van der Waals surface area contributed by atoms with E-state index in [-0.39, 0.29) is 31.1 Å². The molecule has 0 aromatic heterocycles. The minimum atomic E-state index is -1.22. The highest BCUT2D eigenvalue weighted by molar-refractivity contribution is 5.89. The topological polar surface area (TPSA) is 105 Å². The molecule has 0 saturated carbocycles. The van der Waals surface area contributed by atoms with Gasteiger partial charge in [0.2, 0.25) is 0 Å². The van der Waals surface area contributed by atoms with E-state index < -0.39 is 24.3 Å². The molecule has 182 valence electrons. The first-order chi connectivity index (χ1) is 16.9. The number of hydrogen-bond donors (Lipinski definition) is 3. The molecule has 3 aromatic carbocycles. The van der Waals surface area contributed by atoms with Crippen molar-refractivity contribution in [3.63, 3.8) is 0 Å². The summed E-state index contributed by atoms with van der Waals surface area (Å²) in [5.41, 5.74) is 6.02. The molecule has 7 heteroatoms. The van der Waals surface area contributed by atoms with Gasteiger partial charge in [-0.05, 0) is 58.9 Å². The number of carbonyl (C=O) groups excluding carboxylic acids is 2. The molecule has 0 aliphatic heterocycles. The maximum Gasteiger partial charge on any atom is 0.407 e. The maximum atomic E-state index is 12.3. The number of rotatable bonds is 8. The van der Waals surface area contributed by atoms with Gasteiger partial charge >= 0.3 is 12.1 Å². The molecule has 0 spiro atoms. The van der Waals surface area contributed by atoms with Crippen molar-refractivity contribution < 1.29 is 29.3 Å². The van der Waals surface area contributed by atoms with Crippen molar-refractivity contribution in [3.8, 4) is 11.1 Å². The van der Waals surface area contributed by atoms with Crippen LogP contribution in [-0.2, 0) is 9.47 Å². The van der Waals surface area contributed by atoms with E-state index in [0.29, 0.717) is 5.56 Å². The first-order valence-corrected chi connectivity index (χ1v) is 11.5. The van der Waals surface area contributed by atoms with Crippen LogP contribution < -0.4 is 5.32 Å². The highest BCUT2D eigenvalue weighted by Crippen LogP contribution is 2.44. The summed E-state index contributed by atoms with van der Waals surface area (Å²) in [7, 11) is 1.28. The van der Waals surface area contributed by atoms with Gasteiger partial charge in [0.15, 0.2) is 0 Å². The van der Waals surface area contributed by atoms with Gasteiger partial charge in [-0.15, -0.1) is 0 Å². The number of aliphatic hydroxyl groups excluding tert-OH is 2. The molecular weight excluding hydrogens is 446 g/mol. The predicted molar refractivity (Wildman–Crippen MR) is 131 cm³/mol. The lowest BCUT2D eigenvalue weighted by Gasteiger charge is -2.21. The molecule has 7 nitrogen and oxygen atoms in total. The number of nitrogens with one attached hydrogen (secondary N) is 1. The zero-order chi connectivity index (χ0) is 24.9. The van der Waals surface area contributed by atoms with Gasteiger partial charge in [-0.25, -0.2) is 9.59 Å². The van der Waals surface area contributed by atoms with Gasteiger partial charge in [0.05, 0.1) is 18.8 Å². The number of ether oxygens (including phenoxy) is 2. The fourth-order valence-electron chi connectivity index (χ4n) is 4.54. The van der Waals surface area contributed by atoms with E-state index >= 15 is 0 Å². The fraction of sp³-hybridized carbons (Fsp3) is 0.286. The van der Waals surface area contributed by atoms with Gasteiger partial charge in [-0.2, -0.15) is 0 Å². The molecule has 3 N–H and O–H groups in total. The molecule has 3 aromatic rings.